The van der Waals surface area contributed by atoms with Gasteiger partial charge >= 0.3 is 0 Å². The number of imidazole rings is 1. The van der Waals surface area contributed by atoms with Crippen LogP contribution in [0.15, 0.2) is 54.9 Å². The molecular formula is C21H16FN3O2. The molecule has 0 unspecified atom stereocenters. The van der Waals surface area contributed by atoms with Gasteiger partial charge < -0.3 is 10.1 Å². The van der Waals surface area contributed by atoms with Crippen molar-refractivity contribution in [1.82, 2.24) is 9.55 Å². The smallest absolute Gasteiger partial charge is 0.226 e. The number of anilines is 1. The Morgan fingerprint density at radius 2 is 2.15 bits per heavy atom. The number of terminal acetylenes is 1. The molecule has 1 aliphatic rings. The van der Waals surface area contributed by atoms with Gasteiger partial charge in [-0.2, -0.15) is 0 Å². The Morgan fingerprint density at radius 1 is 1.30 bits per heavy atom. The summed E-state index contributed by atoms with van der Waals surface area (Å²) in [7, 11) is 0. The molecule has 0 saturated carbocycles. The minimum absolute atomic E-state index is 0.124. The minimum Gasteiger partial charge on any atom is -0.481 e. The highest BCUT2D eigenvalue weighted by Gasteiger charge is 2.31. The van der Waals surface area contributed by atoms with Crippen LogP contribution in [0.3, 0.4) is 0 Å². The molecule has 2 aromatic carbocycles. The Labute approximate surface area is 155 Å². The molecule has 27 heavy (non-hydrogen) atoms. The summed E-state index contributed by atoms with van der Waals surface area (Å²) >= 11 is 0. The Hall–Kier alpha value is -3.59. The van der Waals surface area contributed by atoms with E-state index in [2.05, 4.69) is 16.2 Å². The molecular weight excluding hydrogens is 345 g/mol. The predicted octanol–water partition coefficient (Wildman–Crippen LogP) is 3.50. The lowest BCUT2D eigenvalue weighted by Crippen LogP contribution is -2.25. The second kappa shape index (κ2) is 6.96. The molecule has 6 heteroatoms. The van der Waals surface area contributed by atoms with E-state index in [0.717, 1.165) is 11.3 Å². The number of nitrogens with zero attached hydrogens (tertiary/aromatic N) is 2. The standard InChI is InChI=1S/C21H16FN3O2/c1-2-9-27-17-8-3-5-14(10-17)18-12-19(26)24-21-20(18)23-13-25(21)16-7-4-6-15(22)11-16/h1,3-8,10-11,13,18H,9,12H2,(H,24,26)/t18-/m1/s1. The van der Waals surface area contributed by atoms with Gasteiger partial charge in [-0.15, -0.1) is 6.42 Å². The second-order valence-electron chi connectivity index (χ2n) is 6.20. The number of carbonyl (C=O) groups excluding carboxylic acids is 1. The van der Waals surface area contributed by atoms with Crippen LogP contribution in [-0.4, -0.2) is 22.1 Å². The highest BCUT2D eigenvalue weighted by atomic mass is 19.1. The van der Waals surface area contributed by atoms with Crippen molar-refractivity contribution in [2.75, 3.05) is 11.9 Å². The van der Waals surface area contributed by atoms with Gasteiger partial charge in [0.05, 0.1) is 11.4 Å². The first-order chi connectivity index (χ1) is 13.2. The summed E-state index contributed by atoms with van der Waals surface area (Å²) in [6.45, 7) is 0.175. The van der Waals surface area contributed by atoms with Crippen molar-refractivity contribution in [3.63, 3.8) is 0 Å². The highest BCUT2D eigenvalue weighted by molar-refractivity contribution is 5.94. The van der Waals surface area contributed by atoms with Crippen LogP contribution in [0.2, 0.25) is 0 Å². The molecule has 1 amide bonds. The summed E-state index contributed by atoms with van der Waals surface area (Å²) in [6.07, 6.45) is 7.10. The molecule has 1 atom stereocenters. The maximum Gasteiger partial charge on any atom is 0.226 e. The molecule has 134 valence electrons. The van der Waals surface area contributed by atoms with E-state index in [9.17, 15) is 9.18 Å². The SMILES string of the molecule is C#CCOc1cccc([C@H]2CC(=O)Nc3c2ncn3-c2cccc(F)c2)c1. The molecule has 0 aliphatic carbocycles. The van der Waals surface area contributed by atoms with E-state index in [-0.39, 0.29) is 30.7 Å². The van der Waals surface area contributed by atoms with Gasteiger partial charge in [-0.1, -0.05) is 24.1 Å². The number of amides is 1. The fraction of sp³-hybridized carbons (Fsp3) is 0.143. The molecule has 0 saturated heterocycles. The number of hydrogen-bond acceptors (Lipinski definition) is 3. The summed E-state index contributed by atoms with van der Waals surface area (Å²) in [6, 6.07) is 13.6. The first-order valence-electron chi connectivity index (χ1n) is 8.45. The van der Waals surface area contributed by atoms with Crippen molar-refractivity contribution in [2.24, 2.45) is 0 Å². The molecule has 2 heterocycles. The third-order valence-electron chi connectivity index (χ3n) is 4.44. The van der Waals surface area contributed by atoms with E-state index in [4.69, 9.17) is 11.2 Å². The Bertz CT molecular complexity index is 1050. The van der Waals surface area contributed by atoms with Gasteiger partial charge in [-0.3, -0.25) is 9.36 Å². The van der Waals surface area contributed by atoms with Crippen molar-refractivity contribution in [3.05, 3.63) is 71.9 Å². The zero-order valence-electron chi connectivity index (χ0n) is 14.4. The van der Waals surface area contributed by atoms with Crippen molar-refractivity contribution in [1.29, 1.82) is 0 Å². The van der Waals surface area contributed by atoms with Crippen LogP contribution in [0.4, 0.5) is 10.2 Å². The van der Waals surface area contributed by atoms with E-state index in [0.29, 0.717) is 17.3 Å². The number of hydrogen-bond donors (Lipinski definition) is 1. The lowest BCUT2D eigenvalue weighted by atomic mass is 9.89. The van der Waals surface area contributed by atoms with Gasteiger partial charge in [0, 0.05) is 12.3 Å². The topological polar surface area (TPSA) is 56.1 Å². The monoisotopic (exact) mass is 361 g/mol. The Morgan fingerprint density at radius 3 is 2.96 bits per heavy atom. The fourth-order valence-electron chi connectivity index (χ4n) is 3.25. The van der Waals surface area contributed by atoms with Gasteiger partial charge in [-0.25, -0.2) is 9.37 Å². The van der Waals surface area contributed by atoms with Crippen LogP contribution in [-0.2, 0) is 4.79 Å². The zero-order valence-corrected chi connectivity index (χ0v) is 14.4. The van der Waals surface area contributed by atoms with Crippen LogP contribution in [0.5, 0.6) is 5.75 Å². The summed E-state index contributed by atoms with van der Waals surface area (Å²) in [5.74, 6) is 2.92. The zero-order chi connectivity index (χ0) is 18.8. The van der Waals surface area contributed by atoms with Gasteiger partial charge in [0.2, 0.25) is 5.91 Å². The first-order valence-corrected chi connectivity index (χ1v) is 8.45. The first kappa shape index (κ1) is 16.9. The number of fused-ring (bicyclic) bond motifs is 1. The Balaban J connectivity index is 1.75. The number of nitrogens with one attached hydrogen (secondary N) is 1. The van der Waals surface area contributed by atoms with Gasteiger partial charge in [-0.05, 0) is 35.9 Å². The lowest BCUT2D eigenvalue weighted by Gasteiger charge is -2.23. The van der Waals surface area contributed by atoms with Crippen LogP contribution in [0.25, 0.3) is 5.69 Å². The normalized spacial score (nSPS) is 15.6. The fourth-order valence-corrected chi connectivity index (χ4v) is 3.25. The van der Waals surface area contributed by atoms with Gasteiger partial charge in [0.15, 0.2) is 0 Å². The molecule has 4 rings (SSSR count). The molecule has 1 N–H and O–H groups in total. The maximum absolute atomic E-state index is 13.6. The number of halogens is 1. The third kappa shape index (κ3) is 3.27. The molecule has 5 nitrogen and oxygen atoms in total. The van der Waals surface area contributed by atoms with Crippen LogP contribution in [0.1, 0.15) is 23.6 Å². The lowest BCUT2D eigenvalue weighted by molar-refractivity contribution is -0.116. The van der Waals surface area contributed by atoms with E-state index in [1.165, 1.54) is 12.1 Å². The van der Waals surface area contributed by atoms with Gasteiger partial charge in [0.1, 0.15) is 30.3 Å². The summed E-state index contributed by atoms with van der Waals surface area (Å²) in [5.41, 5.74) is 2.23. The van der Waals surface area contributed by atoms with Gasteiger partial charge in [0.25, 0.3) is 0 Å². The quantitative estimate of drug-likeness (QED) is 0.724. The predicted molar refractivity (Wildman–Crippen MR) is 99.4 cm³/mol. The highest BCUT2D eigenvalue weighted by Crippen LogP contribution is 2.38. The molecule has 3 aromatic rings. The van der Waals surface area contributed by atoms with Crippen molar-refractivity contribution in [3.8, 4) is 23.8 Å². The van der Waals surface area contributed by atoms with E-state index in [1.807, 2.05) is 24.3 Å². The van der Waals surface area contributed by atoms with E-state index < -0.39 is 0 Å². The van der Waals surface area contributed by atoms with Crippen molar-refractivity contribution < 1.29 is 13.9 Å². The van der Waals surface area contributed by atoms with Crippen molar-refractivity contribution in [2.45, 2.75) is 12.3 Å². The van der Waals surface area contributed by atoms with Crippen LogP contribution < -0.4 is 10.1 Å². The largest absolute Gasteiger partial charge is 0.481 e. The number of rotatable bonds is 4. The summed E-state index contributed by atoms with van der Waals surface area (Å²) in [4.78, 5) is 16.8. The molecule has 1 aromatic heterocycles. The summed E-state index contributed by atoms with van der Waals surface area (Å²) in [5, 5.41) is 2.86. The Kier molecular flexibility index (Phi) is 4.35. The molecule has 0 spiro atoms. The number of carbonyl (C=O) groups is 1. The number of benzene rings is 2. The summed E-state index contributed by atoms with van der Waals surface area (Å²) < 4.78 is 20.8. The molecule has 1 aliphatic heterocycles. The van der Waals surface area contributed by atoms with E-state index >= 15 is 0 Å². The minimum atomic E-state index is -0.355. The average molecular weight is 361 g/mol. The third-order valence-corrected chi connectivity index (χ3v) is 4.44. The second-order valence-corrected chi connectivity index (χ2v) is 6.20. The van der Waals surface area contributed by atoms with E-state index in [1.54, 1.807) is 23.0 Å². The van der Waals surface area contributed by atoms with Crippen molar-refractivity contribution >= 4 is 11.7 Å². The molecule has 0 radical (unpaired) electrons. The van der Waals surface area contributed by atoms with Crippen LogP contribution in [0, 0.1) is 18.2 Å². The maximum atomic E-state index is 13.6. The number of ether oxygens (including phenoxy) is 1. The number of aromatic nitrogens is 2. The van der Waals surface area contributed by atoms with Crippen LogP contribution >= 0.6 is 0 Å². The molecule has 0 fully saturated rings. The average Bonchev–Trinajstić information content (AvgIpc) is 3.09. The molecule has 0 bridgehead atoms.